The molecule has 0 aliphatic carbocycles. The van der Waals surface area contributed by atoms with Crippen molar-refractivity contribution in [1.82, 2.24) is 0 Å². The van der Waals surface area contributed by atoms with Crippen molar-refractivity contribution in [2.75, 3.05) is 0 Å². The second kappa shape index (κ2) is 16.4. The van der Waals surface area contributed by atoms with E-state index in [2.05, 4.69) is 19.1 Å². The highest BCUT2D eigenvalue weighted by Crippen LogP contribution is 2.10. The van der Waals surface area contributed by atoms with Gasteiger partial charge in [-0.05, 0) is 32.1 Å². The van der Waals surface area contributed by atoms with Crippen LogP contribution < -0.4 is 0 Å². The van der Waals surface area contributed by atoms with Crippen molar-refractivity contribution in [3.8, 4) is 0 Å². The van der Waals surface area contributed by atoms with Crippen LogP contribution in [0.5, 0.6) is 0 Å². The highest BCUT2D eigenvalue weighted by atomic mass is 19.1. The lowest BCUT2D eigenvalue weighted by Crippen LogP contribution is -1.87. The molecule has 0 aromatic heterocycles. The zero-order valence-electron chi connectivity index (χ0n) is 13.3. The van der Waals surface area contributed by atoms with Gasteiger partial charge in [0, 0.05) is 6.42 Å². The zero-order chi connectivity index (χ0) is 14.9. The van der Waals surface area contributed by atoms with Gasteiger partial charge in [0.1, 0.15) is 0 Å². The van der Waals surface area contributed by atoms with Gasteiger partial charge in [0.05, 0.1) is 0 Å². The first-order valence-electron chi connectivity index (χ1n) is 8.60. The molecular weight excluding hydrogens is 251 g/mol. The molecule has 0 aliphatic heterocycles. The maximum absolute atomic E-state index is 11.9. The molecule has 0 rings (SSSR count). The molecule has 0 spiro atoms. The van der Waals surface area contributed by atoms with Crippen LogP contribution in [0.3, 0.4) is 0 Å². The van der Waals surface area contributed by atoms with Crippen LogP contribution in [0, 0.1) is 0 Å². The third-order valence-electron chi connectivity index (χ3n) is 3.64. The summed E-state index contributed by atoms with van der Waals surface area (Å²) in [5.41, 5.74) is 0. The van der Waals surface area contributed by atoms with Crippen molar-refractivity contribution in [3.05, 3.63) is 12.2 Å². The lowest BCUT2D eigenvalue weighted by atomic mass is 10.1. The summed E-state index contributed by atoms with van der Waals surface area (Å²) < 4.78 is 11.9. The maximum atomic E-state index is 11.9. The molecule has 0 aromatic rings. The summed E-state index contributed by atoms with van der Waals surface area (Å²) in [5.74, 6) is 0. The molecule has 0 aromatic carbocycles. The van der Waals surface area contributed by atoms with Crippen molar-refractivity contribution in [2.24, 2.45) is 0 Å². The van der Waals surface area contributed by atoms with E-state index in [9.17, 15) is 9.18 Å². The molecule has 0 heterocycles. The van der Waals surface area contributed by atoms with Crippen molar-refractivity contribution in [3.63, 3.8) is 0 Å². The van der Waals surface area contributed by atoms with Gasteiger partial charge in [0.15, 0.2) is 0 Å². The Balaban J connectivity index is 3.07. The third-order valence-corrected chi connectivity index (χ3v) is 3.64. The monoisotopic (exact) mass is 284 g/mol. The minimum Gasteiger partial charge on any atom is -0.261 e. The molecule has 118 valence electrons. The van der Waals surface area contributed by atoms with Crippen LogP contribution in [0.2, 0.25) is 0 Å². The fourth-order valence-corrected chi connectivity index (χ4v) is 2.33. The summed E-state index contributed by atoms with van der Waals surface area (Å²) in [6.45, 7) is 2.25. The van der Waals surface area contributed by atoms with Gasteiger partial charge in [0.2, 0.25) is 0 Å². The molecule has 0 atom stereocenters. The van der Waals surface area contributed by atoms with Crippen LogP contribution in [-0.2, 0) is 4.79 Å². The first-order valence-corrected chi connectivity index (χ1v) is 8.60. The van der Waals surface area contributed by atoms with Gasteiger partial charge < -0.3 is 0 Å². The third kappa shape index (κ3) is 17.3. The molecule has 0 saturated carbocycles. The molecule has 0 radical (unpaired) electrons. The van der Waals surface area contributed by atoms with E-state index in [-0.39, 0.29) is 6.42 Å². The highest BCUT2D eigenvalue weighted by molar-refractivity contribution is 5.67. The molecule has 0 saturated heterocycles. The van der Waals surface area contributed by atoms with Crippen LogP contribution in [0.15, 0.2) is 12.2 Å². The number of carbonyl (C=O) groups excluding carboxylic acids is 1. The molecule has 2 heteroatoms. The van der Waals surface area contributed by atoms with Gasteiger partial charge in [-0.25, -0.2) is 0 Å². The van der Waals surface area contributed by atoms with Gasteiger partial charge >= 0.3 is 6.04 Å². The van der Waals surface area contributed by atoms with Crippen molar-refractivity contribution >= 4 is 6.04 Å². The Hall–Kier alpha value is -0.660. The first-order chi connectivity index (χ1) is 9.77. The van der Waals surface area contributed by atoms with E-state index in [0.717, 1.165) is 19.3 Å². The fourth-order valence-electron chi connectivity index (χ4n) is 2.33. The van der Waals surface area contributed by atoms with E-state index < -0.39 is 6.04 Å². The minimum absolute atomic E-state index is 0.109. The smallest absolute Gasteiger partial charge is 0.261 e. The predicted molar refractivity (Wildman–Crippen MR) is 85.6 cm³/mol. The van der Waals surface area contributed by atoms with Crippen molar-refractivity contribution in [1.29, 1.82) is 0 Å². The Morgan fingerprint density at radius 2 is 1.20 bits per heavy atom. The molecule has 0 aliphatic rings. The molecule has 20 heavy (non-hydrogen) atoms. The van der Waals surface area contributed by atoms with E-state index in [1.165, 1.54) is 57.8 Å². The van der Waals surface area contributed by atoms with E-state index in [4.69, 9.17) is 0 Å². The first kappa shape index (κ1) is 19.3. The van der Waals surface area contributed by atoms with Crippen molar-refractivity contribution in [2.45, 2.75) is 96.8 Å². The summed E-state index contributed by atoms with van der Waals surface area (Å²) in [7, 11) is 0. The van der Waals surface area contributed by atoms with Gasteiger partial charge in [-0.3, -0.25) is 4.79 Å². The summed E-state index contributed by atoms with van der Waals surface area (Å²) in [5, 5.41) is 0. The Labute approximate surface area is 125 Å². The summed E-state index contributed by atoms with van der Waals surface area (Å²) in [6.07, 6.45) is 20.6. The van der Waals surface area contributed by atoms with E-state index >= 15 is 0 Å². The van der Waals surface area contributed by atoms with Crippen LogP contribution in [0.1, 0.15) is 96.8 Å². The van der Waals surface area contributed by atoms with Gasteiger partial charge in [-0.1, -0.05) is 70.4 Å². The Bertz CT molecular complexity index is 236. The number of hydrogen-bond acceptors (Lipinski definition) is 1. The number of halogens is 1. The fraction of sp³-hybridized carbons (Fsp3) is 0.833. The lowest BCUT2D eigenvalue weighted by Gasteiger charge is -1.99. The quantitative estimate of drug-likeness (QED) is 0.190. The minimum atomic E-state index is -1.16. The Kier molecular flexibility index (Phi) is 15.9. The van der Waals surface area contributed by atoms with Gasteiger partial charge in [-0.15, -0.1) is 0 Å². The Morgan fingerprint density at radius 1 is 0.750 bits per heavy atom. The number of carbonyl (C=O) groups is 1. The summed E-state index contributed by atoms with van der Waals surface area (Å²) in [6, 6.07) is -1.16. The number of allylic oxidation sites excluding steroid dienone is 2. The van der Waals surface area contributed by atoms with Crippen LogP contribution >= 0.6 is 0 Å². The number of rotatable bonds is 15. The summed E-state index contributed by atoms with van der Waals surface area (Å²) >= 11 is 0. The van der Waals surface area contributed by atoms with Crippen LogP contribution in [-0.4, -0.2) is 6.04 Å². The van der Waals surface area contributed by atoms with E-state index in [1.807, 2.05) is 0 Å². The van der Waals surface area contributed by atoms with Crippen LogP contribution in [0.4, 0.5) is 4.39 Å². The molecule has 0 unspecified atom stereocenters. The van der Waals surface area contributed by atoms with Crippen LogP contribution in [0.25, 0.3) is 0 Å². The average Bonchev–Trinajstić information content (AvgIpc) is 2.43. The second-order valence-corrected chi connectivity index (χ2v) is 5.69. The molecule has 0 bridgehead atoms. The van der Waals surface area contributed by atoms with Gasteiger partial charge in [0.25, 0.3) is 0 Å². The number of hydrogen-bond donors (Lipinski definition) is 0. The molecule has 0 N–H and O–H groups in total. The average molecular weight is 284 g/mol. The SMILES string of the molecule is CCCCCCCCC=CCCCCCCCC(=O)F. The number of unbranched alkanes of at least 4 members (excludes halogenated alkanes) is 11. The zero-order valence-corrected chi connectivity index (χ0v) is 13.3. The standard InChI is InChI=1S/C18H33FO/c1-2-3-4-5-6-7-8-9-10-11-12-13-14-15-16-17-18(19)20/h9-10H,2-8,11-17H2,1H3. The highest BCUT2D eigenvalue weighted by Gasteiger charge is 1.96. The predicted octanol–water partition coefficient (Wildman–Crippen LogP) is 6.52. The molecular formula is C18H33FO. The van der Waals surface area contributed by atoms with E-state index in [1.54, 1.807) is 0 Å². The molecule has 0 amide bonds. The second-order valence-electron chi connectivity index (χ2n) is 5.69. The topological polar surface area (TPSA) is 17.1 Å². The van der Waals surface area contributed by atoms with Crippen molar-refractivity contribution < 1.29 is 9.18 Å². The summed E-state index contributed by atoms with van der Waals surface area (Å²) in [4.78, 5) is 10.1. The Morgan fingerprint density at radius 3 is 1.70 bits per heavy atom. The largest absolute Gasteiger partial charge is 0.301 e. The molecule has 0 fully saturated rings. The maximum Gasteiger partial charge on any atom is 0.301 e. The lowest BCUT2D eigenvalue weighted by molar-refractivity contribution is -0.129. The normalized spacial score (nSPS) is 11.3. The molecule has 1 nitrogen and oxygen atoms in total. The van der Waals surface area contributed by atoms with E-state index in [0.29, 0.717) is 6.42 Å². The van der Waals surface area contributed by atoms with Gasteiger partial charge in [-0.2, -0.15) is 4.39 Å².